The van der Waals surface area contributed by atoms with Gasteiger partial charge in [0.2, 0.25) is 0 Å². The summed E-state index contributed by atoms with van der Waals surface area (Å²) in [7, 11) is -2.51. The summed E-state index contributed by atoms with van der Waals surface area (Å²) in [6.45, 7) is 0. The zero-order valence-corrected chi connectivity index (χ0v) is 11.5. The highest BCUT2D eigenvalue weighted by Gasteiger charge is 2.20. The molecule has 0 saturated carbocycles. The number of nitrogens with zero attached hydrogens (tertiary/aromatic N) is 4. The van der Waals surface area contributed by atoms with Gasteiger partial charge in [0.25, 0.3) is 21.7 Å². The minimum atomic E-state index is -3.97. The lowest BCUT2D eigenvalue weighted by Gasteiger charge is -2.08. The molecule has 1 heterocycles. The molecule has 1 aromatic carbocycles. The molecule has 0 aliphatic carbocycles. The maximum absolute atomic E-state index is 12.1. The van der Waals surface area contributed by atoms with Crippen LogP contribution in [0.15, 0.2) is 35.5 Å². The second-order valence-corrected chi connectivity index (χ2v) is 5.44. The van der Waals surface area contributed by atoms with Gasteiger partial charge in [-0.25, -0.2) is 18.1 Å². The lowest BCUT2D eigenvalue weighted by molar-refractivity contribution is -0.384. The lowest BCUT2D eigenvalue weighted by Crippen LogP contribution is -2.15. The van der Waals surface area contributed by atoms with E-state index in [-0.39, 0.29) is 22.2 Å². The van der Waals surface area contributed by atoms with Crippen molar-refractivity contribution in [2.24, 2.45) is 0 Å². The fraction of sp³-hybridized carbons (Fsp3) is 0.100. The Labute approximate surface area is 119 Å². The normalized spacial score (nSPS) is 10.9. The average molecular weight is 310 g/mol. The van der Waals surface area contributed by atoms with Crippen LogP contribution in [0.5, 0.6) is 0 Å². The van der Waals surface area contributed by atoms with E-state index in [1.807, 2.05) is 0 Å². The van der Waals surface area contributed by atoms with E-state index in [0.29, 0.717) is 0 Å². The molecule has 110 valence electrons. The number of hydrogen-bond acceptors (Lipinski definition) is 8. The lowest BCUT2D eigenvalue weighted by atomic mass is 10.3. The second kappa shape index (κ2) is 5.66. The van der Waals surface area contributed by atoms with Crippen molar-refractivity contribution in [1.82, 2.24) is 15.2 Å². The monoisotopic (exact) mass is 310 g/mol. The van der Waals surface area contributed by atoms with Crippen molar-refractivity contribution in [2.45, 2.75) is 4.90 Å². The second-order valence-electron chi connectivity index (χ2n) is 3.76. The Kier molecular flexibility index (Phi) is 3.93. The molecule has 11 heteroatoms. The van der Waals surface area contributed by atoms with Crippen molar-refractivity contribution in [2.75, 3.05) is 17.1 Å². The highest BCUT2D eigenvalue weighted by molar-refractivity contribution is 7.92. The minimum Gasteiger partial charge on any atom is -0.383 e. The molecule has 0 aliphatic rings. The molecule has 0 atom stereocenters. The van der Waals surface area contributed by atoms with Crippen LogP contribution in [0, 0.1) is 10.1 Å². The first-order valence-corrected chi connectivity index (χ1v) is 7.05. The summed E-state index contributed by atoms with van der Waals surface area (Å²) in [5.41, 5.74) is -0.149. The van der Waals surface area contributed by atoms with Crippen molar-refractivity contribution in [1.29, 1.82) is 0 Å². The standard InChI is InChI=1S/C10H10N6O4S/c1-11-8-6-7(2-3-9(8)16(17)18)21(19,20)15-10-12-4-5-13-14-10/h2-6,11H,1H3,(H,12,14,15). The average Bonchev–Trinajstić information content (AvgIpc) is 2.47. The van der Waals surface area contributed by atoms with Crippen molar-refractivity contribution in [3.8, 4) is 0 Å². The number of nitro groups is 1. The maximum Gasteiger partial charge on any atom is 0.292 e. The van der Waals surface area contributed by atoms with E-state index >= 15 is 0 Å². The Morgan fingerprint density at radius 1 is 1.29 bits per heavy atom. The van der Waals surface area contributed by atoms with Gasteiger partial charge >= 0.3 is 0 Å². The highest BCUT2D eigenvalue weighted by atomic mass is 32.2. The molecule has 0 unspecified atom stereocenters. The molecule has 0 spiro atoms. The predicted molar refractivity (Wildman–Crippen MR) is 73.3 cm³/mol. The van der Waals surface area contributed by atoms with Gasteiger partial charge in [-0.15, -0.1) is 5.10 Å². The fourth-order valence-corrected chi connectivity index (χ4v) is 2.49. The van der Waals surface area contributed by atoms with Gasteiger partial charge in [0.15, 0.2) is 0 Å². The summed E-state index contributed by atoms with van der Waals surface area (Å²) in [6.07, 6.45) is 2.57. The number of aromatic nitrogens is 3. The summed E-state index contributed by atoms with van der Waals surface area (Å²) in [4.78, 5) is 13.7. The maximum atomic E-state index is 12.1. The molecule has 0 radical (unpaired) electrons. The van der Waals surface area contributed by atoms with E-state index in [1.165, 1.54) is 19.4 Å². The summed E-state index contributed by atoms with van der Waals surface area (Å²) >= 11 is 0. The third kappa shape index (κ3) is 3.20. The molecule has 0 bridgehead atoms. The first-order chi connectivity index (χ1) is 9.94. The molecule has 0 saturated heterocycles. The Balaban J connectivity index is 2.39. The van der Waals surface area contributed by atoms with E-state index in [1.54, 1.807) is 0 Å². The van der Waals surface area contributed by atoms with Crippen LogP contribution in [0.1, 0.15) is 0 Å². The molecule has 2 rings (SSSR count). The van der Waals surface area contributed by atoms with Gasteiger partial charge in [0.05, 0.1) is 22.2 Å². The molecule has 2 N–H and O–H groups in total. The third-order valence-corrected chi connectivity index (χ3v) is 3.78. The van der Waals surface area contributed by atoms with Gasteiger partial charge < -0.3 is 5.32 Å². The van der Waals surface area contributed by atoms with Crippen LogP contribution in [0.3, 0.4) is 0 Å². The van der Waals surface area contributed by atoms with E-state index < -0.39 is 14.9 Å². The SMILES string of the molecule is CNc1cc(S(=O)(=O)Nc2nccnn2)ccc1[N+](=O)[O-]. The van der Waals surface area contributed by atoms with Crippen LogP contribution in [-0.2, 0) is 10.0 Å². The zero-order valence-electron chi connectivity index (χ0n) is 10.7. The van der Waals surface area contributed by atoms with E-state index in [2.05, 4.69) is 25.2 Å². The summed E-state index contributed by atoms with van der Waals surface area (Å²) in [5, 5.41) is 20.4. The number of hydrogen-bond donors (Lipinski definition) is 2. The van der Waals surface area contributed by atoms with Gasteiger partial charge in [0.1, 0.15) is 5.69 Å². The number of nitro benzene ring substituents is 1. The summed E-state index contributed by atoms with van der Waals surface area (Å²) < 4.78 is 26.4. The van der Waals surface area contributed by atoms with Crippen molar-refractivity contribution >= 4 is 27.3 Å². The quantitative estimate of drug-likeness (QED) is 0.605. The highest BCUT2D eigenvalue weighted by Crippen LogP contribution is 2.27. The third-order valence-electron chi connectivity index (χ3n) is 2.45. The first kappa shape index (κ1) is 14.6. The van der Waals surface area contributed by atoms with Crippen LogP contribution < -0.4 is 10.0 Å². The number of rotatable bonds is 5. The van der Waals surface area contributed by atoms with Gasteiger partial charge in [-0.05, 0) is 12.1 Å². The summed E-state index contributed by atoms with van der Waals surface area (Å²) in [6, 6.07) is 3.37. The van der Waals surface area contributed by atoms with Crippen LogP contribution in [0.2, 0.25) is 0 Å². The van der Waals surface area contributed by atoms with Crippen LogP contribution >= 0.6 is 0 Å². The molecule has 21 heavy (non-hydrogen) atoms. The molecule has 0 fully saturated rings. The van der Waals surface area contributed by atoms with Crippen molar-refractivity contribution < 1.29 is 13.3 Å². The van der Waals surface area contributed by atoms with E-state index in [4.69, 9.17) is 0 Å². The van der Waals surface area contributed by atoms with Gasteiger partial charge in [-0.2, -0.15) is 5.10 Å². The fourth-order valence-electron chi connectivity index (χ4n) is 1.52. The number of nitrogens with one attached hydrogen (secondary N) is 2. The number of benzene rings is 1. The molecule has 0 aliphatic heterocycles. The van der Waals surface area contributed by atoms with Crippen LogP contribution in [0.4, 0.5) is 17.3 Å². The largest absolute Gasteiger partial charge is 0.383 e. The Hall–Kier alpha value is -2.82. The van der Waals surface area contributed by atoms with Gasteiger partial charge in [-0.3, -0.25) is 10.1 Å². The topological polar surface area (TPSA) is 140 Å². The Morgan fingerprint density at radius 3 is 2.62 bits per heavy atom. The summed E-state index contributed by atoms with van der Waals surface area (Å²) in [5.74, 6) is -0.193. The Bertz CT molecular complexity index is 764. The van der Waals surface area contributed by atoms with Gasteiger partial charge in [-0.1, -0.05) is 0 Å². The van der Waals surface area contributed by atoms with Gasteiger partial charge in [0, 0.05) is 13.1 Å². The zero-order chi connectivity index (χ0) is 15.5. The molecule has 2 aromatic rings. The molecule has 1 aromatic heterocycles. The van der Waals surface area contributed by atoms with E-state index in [0.717, 1.165) is 18.2 Å². The van der Waals surface area contributed by atoms with Crippen molar-refractivity contribution in [3.05, 3.63) is 40.7 Å². The molecular weight excluding hydrogens is 300 g/mol. The van der Waals surface area contributed by atoms with E-state index in [9.17, 15) is 18.5 Å². The molecule has 10 nitrogen and oxygen atoms in total. The minimum absolute atomic E-state index is 0.0787. The van der Waals surface area contributed by atoms with Crippen LogP contribution in [0.25, 0.3) is 0 Å². The Morgan fingerprint density at radius 2 is 2.05 bits per heavy atom. The molecular formula is C10H10N6O4S. The van der Waals surface area contributed by atoms with Crippen LogP contribution in [-0.4, -0.2) is 35.6 Å². The van der Waals surface area contributed by atoms with Crippen molar-refractivity contribution in [3.63, 3.8) is 0 Å². The smallest absolute Gasteiger partial charge is 0.292 e. The first-order valence-electron chi connectivity index (χ1n) is 5.57. The predicted octanol–water partition coefficient (Wildman–Crippen LogP) is 0.622. The number of sulfonamides is 1. The molecule has 0 amide bonds. The number of anilines is 2.